The summed E-state index contributed by atoms with van der Waals surface area (Å²) in [5, 5.41) is 3.42. The second kappa shape index (κ2) is 8.08. The Bertz CT molecular complexity index is 523. The summed E-state index contributed by atoms with van der Waals surface area (Å²) in [7, 11) is 0. The zero-order valence-electron chi connectivity index (χ0n) is 12.2. The van der Waals surface area contributed by atoms with Gasteiger partial charge in [-0.15, -0.1) is 11.8 Å². The van der Waals surface area contributed by atoms with Gasteiger partial charge in [0.1, 0.15) is 0 Å². The summed E-state index contributed by atoms with van der Waals surface area (Å²) >= 11 is 1.86. The Hall–Kier alpha value is -1.32. The van der Waals surface area contributed by atoms with E-state index >= 15 is 0 Å². The number of nitrogens with zero attached hydrogens (tertiary/aromatic N) is 1. The zero-order valence-corrected chi connectivity index (χ0v) is 13.0. The van der Waals surface area contributed by atoms with Crippen LogP contribution in [-0.2, 0) is 12.3 Å². The fourth-order valence-electron chi connectivity index (χ4n) is 1.98. The van der Waals surface area contributed by atoms with Gasteiger partial charge in [0.05, 0.1) is 0 Å². The number of thioether (sulfide) groups is 1. The van der Waals surface area contributed by atoms with Crippen molar-refractivity contribution in [1.82, 2.24) is 10.3 Å². The molecule has 1 N–H and O–H groups in total. The van der Waals surface area contributed by atoms with Crippen molar-refractivity contribution in [2.75, 3.05) is 6.54 Å². The molecule has 0 saturated carbocycles. The number of pyridine rings is 1. The van der Waals surface area contributed by atoms with Crippen LogP contribution in [0, 0.1) is 6.92 Å². The van der Waals surface area contributed by atoms with Gasteiger partial charge >= 0.3 is 0 Å². The molecular weight excluding hydrogens is 264 g/mol. The monoisotopic (exact) mass is 286 g/mol. The van der Waals surface area contributed by atoms with Crippen LogP contribution in [0.15, 0.2) is 47.6 Å². The van der Waals surface area contributed by atoms with Crippen LogP contribution in [0.3, 0.4) is 0 Å². The lowest BCUT2D eigenvalue weighted by Gasteiger charge is -2.06. The number of nitrogens with one attached hydrogen (secondary N) is 1. The van der Waals surface area contributed by atoms with Crippen LogP contribution < -0.4 is 5.32 Å². The van der Waals surface area contributed by atoms with Crippen LogP contribution in [0.2, 0.25) is 0 Å². The maximum absolute atomic E-state index is 4.23. The lowest BCUT2D eigenvalue weighted by molar-refractivity contribution is 0.675. The molecule has 1 aromatic heterocycles. The van der Waals surface area contributed by atoms with Crippen molar-refractivity contribution in [3.63, 3.8) is 0 Å². The molecule has 0 fully saturated rings. The van der Waals surface area contributed by atoms with E-state index < -0.39 is 0 Å². The van der Waals surface area contributed by atoms with Gasteiger partial charge in [0.2, 0.25) is 0 Å². The molecule has 0 aliphatic heterocycles. The van der Waals surface area contributed by atoms with Crippen LogP contribution in [-0.4, -0.2) is 11.5 Å². The van der Waals surface area contributed by atoms with Gasteiger partial charge in [-0.2, -0.15) is 0 Å². The quantitative estimate of drug-likeness (QED) is 0.610. The Balaban J connectivity index is 1.84. The van der Waals surface area contributed by atoms with Crippen molar-refractivity contribution >= 4 is 11.8 Å². The van der Waals surface area contributed by atoms with Crippen molar-refractivity contribution in [3.8, 4) is 0 Å². The first-order valence-corrected chi connectivity index (χ1v) is 8.09. The number of benzene rings is 1. The molecule has 0 radical (unpaired) electrons. The van der Waals surface area contributed by atoms with Gasteiger partial charge in [-0.25, -0.2) is 0 Å². The van der Waals surface area contributed by atoms with Crippen LogP contribution >= 0.6 is 11.8 Å². The SMILES string of the molecule is CCCNCc1ccc(SCc2cncc(C)c2)cc1. The fraction of sp³-hybridized carbons (Fsp3) is 0.353. The largest absolute Gasteiger partial charge is 0.313 e. The molecule has 0 spiro atoms. The molecule has 0 aliphatic rings. The van der Waals surface area contributed by atoms with E-state index in [1.807, 2.05) is 24.2 Å². The minimum absolute atomic E-state index is 0.959. The molecule has 0 atom stereocenters. The summed E-state index contributed by atoms with van der Waals surface area (Å²) in [5.41, 5.74) is 3.85. The standard InChI is InChI=1S/C17H22N2S/c1-3-8-18-11-15-4-6-17(7-5-15)20-13-16-9-14(2)10-19-12-16/h4-7,9-10,12,18H,3,8,11,13H2,1-2H3. The molecule has 3 heteroatoms. The van der Waals surface area contributed by atoms with Crippen molar-refractivity contribution in [2.24, 2.45) is 0 Å². The van der Waals surface area contributed by atoms with Crippen LogP contribution in [0.1, 0.15) is 30.0 Å². The zero-order chi connectivity index (χ0) is 14.2. The molecule has 2 aromatic rings. The van der Waals surface area contributed by atoms with E-state index in [4.69, 9.17) is 0 Å². The van der Waals surface area contributed by atoms with Crippen LogP contribution in [0.4, 0.5) is 0 Å². The fourth-order valence-corrected chi connectivity index (χ4v) is 2.80. The average Bonchev–Trinajstić information content (AvgIpc) is 2.47. The molecule has 2 rings (SSSR count). The average molecular weight is 286 g/mol. The second-order valence-corrected chi connectivity index (χ2v) is 6.03. The molecule has 106 valence electrons. The lowest BCUT2D eigenvalue weighted by Crippen LogP contribution is -2.13. The van der Waals surface area contributed by atoms with Crippen molar-refractivity contribution in [3.05, 3.63) is 59.4 Å². The third-order valence-electron chi connectivity index (χ3n) is 3.02. The van der Waals surface area contributed by atoms with Gasteiger partial charge in [0.15, 0.2) is 0 Å². The van der Waals surface area contributed by atoms with Crippen LogP contribution in [0.25, 0.3) is 0 Å². The molecule has 1 aromatic carbocycles. The Kier molecular flexibility index (Phi) is 6.09. The number of hydrogen-bond acceptors (Lipinski definition) is 3. The molecule has 20 heavy (non-hydrogen) atoms. The van der Waals surface area contributed by atoms with E-state index in [1.54, 1.807) is 0 Å². The van der Waals surface area contributed by atoms with E-state index in [2.05, 4.69) is 54.5 Å². The van der Waals surface area contributed by atoms with E-state index in [9.17, 15) is 0 Å². The van der Waals surface area contributed by atoms with Gasteiger partial charge in [-0.3, -0.25) is 4.98 Å². The van der Waals surface area contributed by atoms with E-state index in [-0.39, 0.29) is 0 Å². The predicted molar refractivity (Wildman–Crippen MR) is 87.0 cm³/mol. The molecule has 1 heterocycles. The number of hydrogen-bond donors (Lipinski definition) is 1. The summed E-state index contributed by atoms with van der Waals surface area (Å²) in [4.78, 5) is 5.54. The topological polar surface area (TPSA) is 24.9 Å². The number of aryl methyl sites for hydroxylation is 1. The Morgan fingerprint density at radius 3 is 2.60 bits per heavy atom. The minimum atomic E-state index is 0.959. The highest BCUT2D eigenvalue weighted by molar-refractivity contribution is 7.98. The Morgan fingerprint density at radius 1 is 1.10 bits per heavy atom. The molecule has 0 aliphatic carbocycles. The van der Waals surface area contributed by atoms with Gasteiger partial charge in [-0.05, 0) is 48.7 Å². The Labute approximate surface area is 126 Å². The highest BCUT2D eigenvalue weighted by Gasteiger charge is 1.98. The van der Waals surface area contributed by atoms with Crippen molar-refractivity contribution in [1.29, 1.82) is 0 Å². The maximum atomic E-state index is 4.23. The first-order chi connectivity index (χ1) is 9.78. The van der Waals surface area contributed by atoms with E-state index in [1.165, 1.54) is 28.0 Å². The predicted octanol–water partition coefficient (Wildman–Crippen LogP) is 4.18. The van der Waals surface area contributed by atoms with Crippen molar-refractivity contribution < 1.29 is 0 Å². The van der Waals surface area contributed by atoms with Gasteiger partial charge < -0.3 is 5.32 Å². The number of rotatable bonds is 7. The lowest BCUT2D eigenvalue weighted by atomic mass is 10.2. The first kappa shape index (κ1) is 15.1. The molecule has 0 saturated heterocycles. The van der Waals surface area contributed by atoms with E-state index in [0.29, 0.717) is 0 Å². The normalized spacial score (nSPS) is 10.7. The summed E-state index contributed by atoms with van der Waals surface area (Å²) < 4.78 is 0. The third kappa shape index (κ3) is 4.99. The van der Waals surface area contributed by atoms with Crippen molar-refractivity contribution in [2.45, 2.75) is 37.5 Å². The summed E-state index contributed by atoms with van der Waals surface area (Å²) in [6, 6.07) is 11.0. The summed E-state index contributed by atoms with van der Waals surface area (Å²) in [6.45, 7) is 6.31. The Morgan fingerprint density at radius 2 is 1.90 bits per heavy atom. The van der Waals surface area contributed by atoms with Gasteiger partial charge in [-0.1, -0.05) is 25.1 Å². The molecule has 0 bridgehead atoms. The summed E-state index contributed by atoms with van der Waals surface area (Å²) in [5.74, 6) is 0.974. The molecule has 0 amide bonds. The maximum Gasteiger partial charge on any atom is 0.0308 e. The smallest absolute Gasteiger partial charge is 0.0308 e. The third-order valence-corrected chi connectivity index (χ3v) is 4.10. The minimum Gasteiger partial charge on any atom is -0.313 e. The highest BCUT2D eigenvalue weighted by Crippen LogP contribution is 2.23. The number of aromatic nitrogens is 1. The van der Waals surface area contributed by atoms with Gasteiger partial charge in [0.25, 0.3) is 0 Å². The second-order valence-electron chi connectivity index (χ2n) is 4.98. The first-order valence-electron chi connectivity index (χ1n) is 7.11. The molecular formula is C17H22N2S. The molecule has 0 unspecified atom stereocenters. The van der Waals surface area contributed by atoms with E-state index in [0.717, 1.165) is 18.8 Å². The summed E-state index contributed by atoms with van der Waals surface area (Å²) in [6.07, 6.45) is 5.02. The van der Waals surface area contributed by atoms with Crippen LogP contribution in [0.5, 0.6) is 0 Å². The molecule has 2 nitrogen and oxygen atoms in total. The van der Waals surface area contributed by atoms with Gasteiger partial charge in [0, 0.05) is 29.6 Å². The highest BCUT2D eigenvalue weighted by atomic mass is 32.2.